The Hall–Kier alpha value is -4.67. The Labute approximate surface area is 358 Å². The van der Waals surface area contributed by atoms with E-state index in [-0.39, 0.29) is 57.0 Å². The lowest BCUT2D eigenvalue weighted by Crippen LogP contribution is -2.59. The van der Waals surface area contributed by atoms with Gasteiger partial charge in [-0.05, 0) is 56.4 Å². The molecule has 2 amide bonds. The predicted octanol–water partition coefficient (Wildman–Crippen LogP) is 2.09. The second-order valence-corrected chi connectivity index (χ2v) is 13.6. The molecular formula is C38H53F5N6O14. The van der Waals surface area contributed by atoms with Crippen LogP contribution in [0.15, 0.2) is 28.3 Å². The van der Waals surface area contributed by atoms with E-state index in [0.717, 1.165) is 0 Å². The van der Waals surface area contributed by atoms with Crippen LogP contribution < -0.4 is 25.9 Å². The summed E-state index contributed by atoms with van der Waals surface area (Å²) in [4.78, 5) is 28.4. The molecule has 63 heavy (non-hydrogen) atoms. The summed E-state index contributed by atoms with van der Waals surface area (Å²) in [5.74, 6) is -8.56. The van der Waals surface area contributed by atoms with E-state index in [2.05, 4.69) is 25.5 Å². The largest absolute Gasteiger partial charge is 0.462 e. The molecule has 354 valence electrons. The molecule has 1 saturated heterocycles. The van der Waals surface area contributed by atoms with Gasteiger partial charge in [-0.3, -0.25) is 20.2 Å². The van der Waals surface area contributed by atoms with Crippen LogP contribution in [-0.4, -0.2) is 158 Å². The molecule has 0 spiro atoms. The lowest BCUT2D eigenvalue weighted by atomic mass is 9.97. The minimum absolute atomic E-state index is 0.0426. The summed E-state index contributed by atoms with van der Waals surface area (Å²) in [7, 11) is 0. The third-order valence-corrected chi connectivity index (χ3v) is 8.85. The molecule has 9 N–H and O–H groups in total. The maximum absolute atomic E-state index is 13.6. The van der Waals surface area contributed by atoms with Gasteiger partial charge in [-0.15, -0.1) is 0 Å². The van der Waals surface area contributed by atoms with Crippen molar-refractivity contribution in [2.45, 2.75) is 69.7 Å². The van der Waals surface area contributed by atoms with E-state index in [0.29, 0.717) is 69.1 Å². The first-order chi connectivity index (χ1) is 30.1. The average Bonchev–Trinajstić information content (AvgIpc) is 3.26. The summed E-state index contributed by atoms with van der Waals surface area (Å²) in [6.45, 7) is 3.44. The van der Waals surface area contributed by atoms with Crippen molar-refractivity contribution >= 4 is 29.6 Å². The molecule has 0 bridgehead atoms. The number of carbonyl (C=O) groups is 2. The number of aryl methyl sites for hydroxylation is 1. The first-order valence-corrected chi connectivity index (χ1v) is 19.6. The molecule has 2 aromatic carbocycles. The molecule has 0 saturated carbocycles. The van der Waals surface area contributed by atoms with Gasteiger partial charge in [0.1, 0.15) is 24.1 Å². The molecule has 1 aliphatic rings. The highest BCUT2D eigenvalue weighted by atomic mass is 19.2. The van der Waals surface area contributed by atoms with Crippen molar-refractivity contribution < 1.29 is 90.4 Å². The number of aliphatic imine (C=N–C) groups is 1. The van der Waals surface area contributed by atoms with E-state index in [9.17, 15) is 46.9 Å². The van der Waals surface area contributed by atoms with Crippen molar-refractivity contribution in [2.75, 3.05) is 77.8 Å². The van der Waals surface area contributed by atoms with Crippen LogP contribution in [0.4, 0.5) is 32.4 Å². The Morgan fingerprint density at radius 2 is 1.43 bits per heavy atom. The maximum Gasteiger partial charge on any atom is 0.319 e. The van der Waals surface area contributed by atoms with Crippen LogP contribution in [0.25, 0.3) is 0 Å². The van der Waals surface area contributed by atoms with Gasteiger partial charge in [-0.2, -0.15) is 13.9 Å². The molecule has 1 fully saturated rings. The number of hydrogen-bond acceptors (Lipinski definition) is 18. The zero-order valence-corrected chi connectivity index (χ0v) is 34.2. The molecule has 2 unspecified atom stereocenters. The third-order valence-electron chi connectivity index (χ3n) is 8.85. The number of rotatable bonds is 28. The molecule has 5 atom stereocenters. The number of aliphatic hydroxyl groups excluding tert-OH is 3. The number of benzene rings is 2. The monoisotopic (exact) mass is 912 g/mol. The van der Waals surface area contributed by atoms with Crippen molar-refractivity contribution in [3.8, 4) is 11.5 Å². The Morgan fingerprint density at radius 1 is 0.825 bits per heavy atom. The van der Waals surface area contributed by atoms with Gasteiger partial charge in [0.15, 0.2) is 0 Å². The van der Waals surface area contributed by atoms with Crippen LogP contribution in [0.5, 0.6) is 11.5 Å². The van der Waals surface area contributed by atoms with Gasteiger partial charge in [-0.1, -0.05) is 5.23 Å². The molecule has 1 heterocycles. The Bertz CT molecular complexity index is 1770. The first-order valence-electron chi connectivity index (χ1n) is 19.6. The van der Waals surface area contributed by atoms with E-state index >= 15 is 0 Å². The predicted molar refractivity (Wildman–Crippen MR) is 209 cm³/mol. The smallest absolute Gasteiger partial charge is 0.319 e. The van der Waals surface area contributed by atoms with Crippen LogP contribution >= 0.6 is 0 Å². The molecule has 0 radical (unpaired) electrons. The van der Waals surface area contributed by atoms with Gasteiger partial charge in [0.25, 0.3) is 0 Å². The number of anilines is 1. The van der Waals surface area contributed by atoms with Crippen molar-refractivity contribution in [3.05, 3.63) is 52.8 Å². The quantitative estimate of drug-likeness (QED) is 0.00699. The number of hydrogen-bond donors (Lipinski definition) is 8. The van der Waals surface area contributed by atoms with Gasteiger partial charge in [0.2, 0.25) is 41.1 Å². The fourth-order valence-electron chi connectivity index (χ4n) is 5.48. The van der Waals surface area contributed by atoms with E-state index < -0.39 is 84.0 Å². The number of hydroxylamine groups is 2. The number of nitrogens with two attached hydrogens (primary N) is 1. The van der Waals surface area contributed by atoms with Crippen LogP contribution in [0.2, 0.25) is 0 Å². The summed E-state index contributed by atoms with van der Waals surface area (Å²) < 4.78 is 103. The van der Waals surface area contributed by atoms with Gasteiger partial charge in [-0.25, -0.2) is 18.0 Å². The van der Waals surface area contributed by atoms with Crippen molar-refractivity contribution in [1.82, 2.24) is 10.5 Å². The SMILES string of the molecule is Cc1cc(O[C@H]2O[C@H](CCN(O)O)[C@@H](O)C(O)C2O)ccc1NC(=O)NCCCC/C(C=NCCOCCOCCOCCOCCC(=O)Oc1c(F)c(F)c(F)c(F)c1F)=N/N. The van der Waals surface area contributed by atoms with E-state index in [1.807, 2.05) is 0 Å². The molecule has 2 aromatic rings. The Kier molecular flexibility index (Phi) is 23.6. The number of unbranched alkanes of at least 4 members (excludes halogenated alkanes) is 1. The number of carbonyl (C=O) groups excluding carboxylic acids is 2. The normalized spacial score (nSPS) is 19.2. The summed E-state index contributed by atoms with van der Waals surface area (Å²) in [5.41, 5.74) is 1.66. The highest BCUT2D eigenvalue weighted by molar-refractivity contribution is 6.30. The standard InChI is InChI=1S/C38H53F5N6O14/c1-22-20-24(61-37-35(53)34(52)33(51)26(62-37)7-11-49(55)56)5-6-25(22)47-38(54)46-9-3-2-4-23(48-44)21-45-10-13-58-15-17-60-19-18-59-16-14-57-12-8-27(50)63-36-31(42)29(40)28(39)30(41)32(36)43/h5-6,20-21,26,33-35,37,51-53,55-56H,2-4,7-19,44H2,1H3,(H2,46,47,54)/b45-21?,48-23-/t26-,33-,34?,35?,37+/m1/s1. The number of amides is 2. The van der Waals surface area contributed by atoms with Crippen molar-refractivity contribution in [3.63, 3.8) is 0 Å². The van der Waals surface area contributed by atoms with E-state index in [4.69, 9.17) is 44.7 Å². The fourth-order valence-corrected chi connectivity index (χ4v) is 5.48. The first kappa shape index (κ1) is 52.7. The zero-order valence-electron chi connectivity index (χ0n) is 34.2. The number of hydrazone groups is 1. The lowest BCUT2D eigenvalue weighted by molar-refractivity contribution is -0.317. The van der Waals surface area contributed by atoms with Gasteiger partial charge < -0.3 is 65.0 Å². The second kappa shape index (κ2) is 28.2. The third kappa shape index (κ3) is 18.2. The molecule has 0 aliphatic carbocycles. The summed E-state index contributed by atoms with van der Waals surface area (Å²) in [6, 6.07) is 4.24. The van der Waals surface area contributed by atoms with Gasteiger partial charge in [0.05, 0.1) is 84.2 Å². The molecule has 1 aliphatic heterocycles. The number of aliphatic hydroxyl groups is 3. The minimum atomic E-state index is -2.37. The number of ether oxygens (including phenoxy) is 7. The summed E-state index contributed by atoms with van der Waals surface area (Å²) >= 11 is 0. The molecule has 3 rings (SSSR count). The maximum atomic E-state index is 13.6. The lowest BCUT2D eigenvalue weighted by Gasteiger charge is -2.40. The van der Waals surface area contributed by atoms with Crippen molar-refractivity contribution in [1.29, 1.82) is 0 Å². The van der Waals surface area contributed by atoms with Crippen LogP contribution in [0, 0.1) is 36.0 Å². The topological polar surface area (TPSA) is 278 Å². The van der Waals surface area contributed by atoms with Crippen LogP contribution in [0.3, 0.4) is 0 Å². The number of nitrogens with one attached hydrogen (secondary N) is 2. The Morgan fingerprint density at radius 3 is 2.03 bits per heavy atom. The van der Waals surface area contributed by atoms with Gasteiger partial charge >= 0.3 is 12.0 Å². The average molecular weight is 913 g/mol. The molecule has 25 heteroatoms. The highest BCUT2D eigenvalue weighted by Gasteiger charge is 2.45. The van der Waals surface area contributed by atoms with Crippen LogP contribution in [-0.2, 0) is 28.5 Å². The number of urea groups is 1. The van der Waals surface area contributed by atoms with E-state index in [1.165, 1.54) is 6.07 Å². The Balaban J connectivity index is 1.16. The molecule has 20 nitrogen and oxygen atoms in total. The van der Waals surface area contributed by atoms with E-state index in [1.54, 1.807) is 25.3 Å². The number of nitrogens with zero attached hydrogens (tertiary/aromatic N) is 3. The fraction of sp³-hybridized carbons (Fsp3) is 0.579. The zero-order chi connectivity index (χ0) is 46.3. The second-order valence-electron chi connectivity index (χ2n) is 13.6. The molecular weight excluding hydrogens is 859 g/mol. The number of esters is 1. The molecule has 0 aromatic heterocycles. The number of halogens is 5. The summed E-state index contributed by atoms with van der Waals surface area (Å²) in [6.07, 6.45) is -4.33. The van der Waals surface area contributed by atoms with Crippen molar-refractivity contribution in [2.24, 2.45) is 15.9 Å². The highest BCUT2D eigenvalue weighted by Crippen LogP contribution is 2.30. The van der Waals surface area contributed by atoms with Crippen LogP contribution in [0.1, 0.15) is 37.7 Å². The van der Waals surface area contributed by atoms with Gasteiger partial charge in [0, 0.05) is 18.4 Å². The minimum Gasteiger partial charge on any atom is -0.462 e. The summed E-state index contributed by atoms with van der Waals surface area (Å²) in [5, 5.41) is 57.8.